The number of nitrogens with zero attached hydrogens (tertiary/aromatic N) is 1. The second kappa shape index (κ2) is 6.10. The molecule has 2 nitrogen and oxygen atoms in total. The quantitative estimate of drug-likeness (QED) is 0.816. The second-order valence-electron chi connectivity index (χ2n) is 4.67. The molecule has 0 bridgehead atoms. The Bertz CT molecular complexity index is 358. The zero-order valence-electron chi connectivity index (χ0n) is 10.0. The lowest BCUT2D eigenvalue weighted by molar-refractivity contribution is -0.129. The summed E-state index contributed by atoms with van der Waals surface area (Å²) < 4.78 is 0. The summed E-state index contributed by atoms with van der Waals surface area (Å²) in [7, 11) is 0. The summed E-state index contributed by atoms with van der Waals surface area (Å²) in [6.07, 6.45) is 3.38. The third kappa shape index (κ3) is 3.50. The molecule has 0 unspecified atom stereocenters. The molecule has 1 heterocycles. The molecule has 1 aromatic carbocycles. The van der Waals surface area contributed by atoms with E-state index in [1.807, 2.05) is 4.90 Å². The second-order valence-corrected chi connectivity index (χ2v) is 4.99. The average molecular weight is 249 g/mol. The fourth-order valence-corrected chi connectivity index (χ4v) is 2.63. The van der Waals surface area contributed by atoms with Crippen molar-refractivity contribution in [2.75, 3.05) is 18.8 Å². The van der Waals surface area contributed by atoms with Crippen LogP contribution in [0.5, 0.6) is 0 Å². The molecule has 3 heteroatoms. The van der Waals surface area contributed by atoms with Crippen LogP contribution in [0.1, 0.15) is 18.4 Å². The first-order valence-electron chi connectivity index (χ1n) is 6.22. The van der Waals surface area contributed by atoms with E-state index in [0.717, 1.165) is 38.3 Å². The van der Waals surface area contributed by atoms with Crippen LogP contribution in [-0.4, -0.2) is 29.6 Å². The van der Waals surface area contributed by atoms with Gasteiger partial charge in [-0.1, -0.05) is 30.3 Å². The maximum atomic E-state index is 11.5. The smallest absolute Gasteiger partial charge is 0.232 e. The minimum atomic E-state index is 0.173. The van der Waals surface area contributed by atoms with Gasteiger partial charge in [0.1, 0.15) is 0 Å². The highest BCUT2D eigenvalue weighted by molar-refractivity contribution is 7.81. The molecule has 1 aliphatic heterocycles. The monoisotopic (exact) mass is 249 g/mol. The fraction of sp³-hybridized carbons (Fsp3) is 0.500. The van der Waals surface area contributed by atoms with Gasteiger partial charge in [0, 0.05) is 13.1 Å². The minimum Gasteiger partial charge on any atom is -0.342 e. The van der Waals surface area contributed by atoms with Crippen LogP contribution in [0, 0.1) is 5.92 Å². The van der Waals surface area contributed by atoms with Crippen molar-refractivity contribution in [3.8, 4) is 0 Å². The Hall–Kier alpha value is -0.960. The van der Waals surface area contributed by atoms with Gasteiger partial charge in [-0.3, -0.25) is 4.79 Å². The Morgan fingerprint density at radius 2 is 1.88 bits per heavy atom. The lowest BCUT2D eigenvalue weighted by Gasteiger charge is -2.31. The SMILES string of the molecule is O=C(CS)N1CCC(Cc2ccccc2)CC1. The highest BCUT2D eigenvalue weighted by atomic mass is 32.1. The van der Waals surface area contributed by atoms with Crippen LogP contribution in [0.4, 0.5) is 0 Å². The first-order chi connectivity index (χ1) is 8.29. The van der Waals surface area contributed by atoms with Crippen molar-refractivity contribution < 1.29 is 4.79 Å². The van der Waals surface area contributed by atoms with Crippen LogP contribution in [0.25, 0.3) is 0 Å². The number of amides is 1. The van der Waals surface area contributed by atoms with Gasteiger partial charge in [-0.15, -0.1) is 0 Å². The van der Waals surface area contributed by atoms with Crippen molar-refractivity contribution in [3.05, 3.63) is 35.9 Å². The number of benzene rings is 1. The molecule has 92 valence electrons. The standard InChI is InChI=1S/C14H19NOS/c16-14(11-17)15-8-6-13(7-9-15)10-12-4-2-1-3-5-12/h1-5,13,17H,6-11H2. The zero-order valence-corrected chi connectivity index (χ0v) is 10.9. The molecule has 0 radical (unpaired) electrons. The summed E-state index contributed by atoms with van der Waals surface area (Å²) in [5, 5.41) is 0. The van der Waals surface area contributed by atoms with E-state index in [1.165, 1.54) is 5.56 Å². The number of likely N-dealkylation sites (tertiary alicyclic amines) is 1. The number of hydrogen-bond donors (Lipinski definition) is 1. The highest BCUT2D eigenvalue weighted by Gasteiger charge is 2.21. The van der Waals surface area contributed by atoms with Crippen LogP contribution in [0.3, 0.4) is 0 Å². The summed E-state index contributed by atoms with van der Waals surface area (Å²) in [6, 6.07) is 10.6. The summed E-state index contributed by atoms with van der Waals surface area (Å²) >= 11 is 4.04. The van der Waals surface area contributed by atoms with Crippen LogP contribution in [0.2, 0.25) is 0 Å². The first-order valence-corrected chi connectivity index (χ1v) is 6.85. The van der Waals surface area contributed by atoms with E-state index >= 15 is 0 Å². The van der Waals surface area contributed by atoms with Crippen molar-refractivity contribution in [1.29, 1.82) is 0 Å². The third-order valence-corrected chi connectivity index (χ3v) is 3.74. The van der Waals surface area contributed by atoms with Gasteiger partial charge in [-0.05, 0) is 30.7 Å². The Morgan fingerprint density at radius 3 is 2.47 bits per heavy atom. The van der Waals surface area contributed by atoms with Gasteiger partial charge in [0.2, 0.25) is 5.91 Å². The first kappa shape index (κ1) is 12.5. The summed E-state index contributed by atoms with van der Waals surface area (Å²) in [4.78, 5) is 13.4. The van der Waals surface area contributed by atoms with Crippen LogP contribution < -0.4 is 0 Å². The summed E-state index contributed by atoms with van der Waals surface area (Å²) in [5.41, 5.74) is 1.41. The van der Waals surface area contributed by atoms with Gasteiger partial charge in [0.25, 0.3) is 0 Å². The number of hydrogen-bond acceptors (Lipinski definition) is 2. The molecule has 17 heavy (non-hydrogen) atoms. The van der Waals surface area contributed by atoms with Gasteiger partial charge in [0.05, 0.1) is 5.75 Å². The topological polar surface area (TPSA) is 20.3 Å². The van der Waals surface area contributed by atoms with Crippen LogP contribution >= 0.6 is 12.6 Å². The number of thiol groups is 1. The Balaban J connectivity index is 1.82. The lowest BCUT2D eigenvalue weighted by atomic mass is 9.90. The predicted molar refractivity (Wildman–Crippen MR) is 73.3 cm³/mol. The maximum Gasteiger partial charge on any atom is 0.232 e. The molecule has 1 aromatic rings. The van der Waals surface area contributed by atoms with Gasteiger partial charge >= 0.3 is 0 Å². The van der Waals surface area contributed by atoms with Crippen LogP contribution in [0.15, 0.2) is 30.3 Å². The average Bonchev–Trinajstić information content (AvgIpc) is 2.40. The molecule has 2 rings (SSSR count). The minimum absolute atomic E-state index is 0.173. The normalized spacial score (nSPS) is 17.1. The summed E-state index contributed by atoms with van der Waals surface area (Å²) in [5.74, 6) is 1.23. The molecular formula is C14H19NOS. The molecule has 0 aromatic heterocycles. The van der Waals surface area contributed by atoms with Gasteiger partial charge in [-0.25, -0.2) is 0 Å². The van der Waals surface area contributed by atoms with E-state index in [1.54, 1.807) is 0 Å². The Morgan fingerprint density at radius 1 is 1.24 bits per heavy atom. The van der Waals surface area contributed by atoms with E-state index in [-0.39, 0.29) is 5.91 Å². The van der Waals surface area contributed by atoms with E-state index in [9.17, 15) is 4.79 Å². The number of rotatable bonds is 3. The molecule has 0 atom stereocenters. The van der Waals surface area contributed by atoms with Gasteiger partial charge < -0.3 is 4.90 Å². The number of piperidine rings is 1. The predicted octanol–water partition coefficient (Wildman–Crippen LogP) is 2.40. The number of carbonyl (C=O) groups excluding carboxylic acids is 1. The molecule has 0 aliphatic carbocycles. The Kier molecular flexibility index (Phi) is 4.49. The highest BCUT2D eigenvalue weighted by Crippen LogP contribution is 2.21. The van der Waals surface area contributed by atoms with Crippen molar-refractivity contribution in [2.24, 2.45) is 5.92 Å². The fourth-order valence-electron chi connectivity index (χ4n) is 2.43. The molecular weight excluding hydrogens is 230 g/mol. The molecule has 1 saturated heterocycles. The van der Waals surface area contributed by atoms with Crippen LogP contribution in [-0.2, 0) is 11.2 Å². The maximum absolute atomic E-state index is 11.5. The molecule has 0 saturated carbocycles. The molecule has 1 fully saturated rings. The van der Waals surface area contributed by atoms with Crippen molar-refractivity contribution in [2.45, 2.75) is 19.3 Å². The lowest BCUT2D eigenvalue weighted by Crippen LogP contribution is -2.39. The third-order valence-electron chi connectivity index (χ3n) is 3.47. The van der Waals surface area contributed by atoms with E-state index in [0.29, 0.717) is 5.75 Å². The molecule has 1 aliphatic rings. The zero-order chi connectivity index (χ0) is 12.1. The van der Waals surface area contributed by atoms with Crippen molar-refractivity contribution in [3.63, 3.8) is 0 Å². The summed E-state index contributed by atoms with van der Waals surface area (Å²) in [6.45, 7) is 1.80. The van der Waals surface area contributed by atoms with E-state index in [4.69, 9.17) is 0 Å². The molecule has 1 amide bonds. The van der Waals surface area contributed by atoms with E-state index < -0.39 is 0 Å². The van der Waals surface area contributed by atoms with Crippen molar-refractivity contribution >= 4 is 18.5 Å². The largest absolute Gasteiger partial charge is 0.342 e. The Labute approximate surface area is 108 Å². The van der Waals surface area contributed by atoms with Crippen molar-refractivity contribution in [1.82, 2.24) is 4.90 Å². The van der Waals surface area contributed by atoms with Gasteiger partial charge in [0.15, 0.2) is 0 Å². The number of carbonyl (C=O) groups is 1. The molecule has 0 spiro atoms. The molecule has 0 N–H and O–H groups in total. The van der Waals surface area contributed by atoms with Gasteiger partial charge in [-0.2, -0.15) is 12.6 Å². The van der Waals surface area contributed by atoms with E-state index in [2.05, 4.69) is 43.0 Å².